The highest BCUT2D eigenvalue weighted by atomic mass is 16.5. The number of nitrogens with zero attached hydrogens (tertiary/aromatic N) is 1. The summed E-state index contributed by atoms with van der Waals surface area (Å²) in [5.74, 6) is 0.838. The minimum Gasteiger partial charge on any atom is -0.497 e. The lowest BCUT2D eigenvalue weighted by atomic mass is 10.1. The highest BCUT2D eigenvalue weighted by Crippen LogP contribution is 2.26. The lowest BCUT2D eigenvalue weighted by Gasteiger charge is -2.03. The van der Waals surface area contributed by atoms with Crippen molar-refractivity contribution < 1.29 is 4.74 Å². The van der Waals surface area contributed by atoms with E-state index in [2.05, 4.69) is 17.1 Å². The van der Waals surface area contributed by atoms with E-state index in [0.29, 0.717) is 6.54 Å². The molecule has 0 fully saturated rings. The molecule has 4 heteroatoms. The van der Waals surface area contributed by atoms with E-state index in [1.54, 1.807) is 7.11 Å². The molecule has 1 aromatic heterocycles. The van der Waals surface area contributed by atoms with Crippen molar-refractivity contribution in [3.05, 3.63) is 35.5 Å². The molecule has 0 bridgehead atoms. The number of aromatic amines is 1. The largest absolute Gasteiger partial charge is 0.497 e. The summed E-state index contributed by atoms with van der Waals surface area (Å²) in [4.78, 5) is 0. The monoisotopic (exact) mass is 231 g/mol. The number of aromatic nitrogens is 2. The fourth-order valence-corrected chi connectivity index (χ4v) is 1.87. The van der Waals surface area contributed by atoms with Gasteiger partial charge in [0.25, 0.3) is 0 Å². The number of hydrogen-bond donors (Lipinski definition) is 2. The van der Waals surface area contributed by atoms with E-state index in [1.807, 2.05) is 24.3 Å². The molecule has 0 aliphatic rings. The SMILES string of the molecule is COc1cccc(-c2n[nH]c(CCN)c2C)c1. The van der Waals surface area contributed by atoms with Crippen LogP contribution in [0.3, 0.4) is 0 Å². The lowest BCUT2D eigenvalue weighted by molar-refractivity contribution is 0.415. The van der Waals surface area contributed by atoms with Crippen LogP contribution in [-0.2, 0) is 6.42 Å². The summed E-state index contributed by atoms with van der Waals surface area (Å²) in [6, 6.07) is 7.89. The number of nitrogens with two attached hydrogens (primary N) is 1. The topological polar surface area (TPSA) is 63.9 Å². The van der Waals surface area contributed by atoms with Crippen molar-refractivity contribution >= 4 is 0 Å². The van der Waals surface area contributed by atoms with Crippen LogP contribution in [0.5, 0.6) is 5.75 Å². The average Bonchev–Trinajstić information content (AvgIpc) is 2.72. The second kappa shape index (κ2) is 5.01. The third-order valence-corrected chi connectivity index (χ3v) is 2.85. The van der Waals surface area contributed by atoms with Gasteiger partial charge in [-0.05, 0) is 31.2 Å². The normalized spacial score (nSPS) is 10.5. The highest BCUT2D eigenvalue weighted by Gasteiger charge is 2.10. The average molecular weight is 231 g/mol. The van der Waals surface area contributed by atoms with Crippen LogP contribution < -0.4 is 10.5 Å². The first-order valence-electron chi connectivity index (χ1n) is 5.64. The van der Waals surface area contributed by atoms with Gasteiger partial charge in [-0.25, -0.2) is 0 Å². The van der Waals surface area contributed by atoms with Gasteiger partial charge in [-0.2, -0.15) is 5.10 Å². The molecule has 0 spiro atoms. The number of rotatable bonds is 4. The van der Waals surface area contributed by atoms with E-state index in [9.17, 15) is 0 Å². The first-order chi connectivity index (χ1) is 8.26. The maximum Gasteiger partial charge on any atom is 0.119 e. The van der Waals surface area contributed by atoms with Crippen LogP contribution in [0.15, 0.2) is 24.3 Å². The molecule has 3 N–H and O–H groups in total. The van der Waals surface area contributed by atoms with Gasteiger partial charge in [-0.15, -0.1) is 0 Å². The minimum atomic E-state index is 0.626. The van der Waals surface area contributed by atoms with Crippen LogP contribution in [0.2, 0.25) is 0 Å². The van der Waals surface area contributed by atoms with Crippen molar-refractivity contribution in [2.24, 2.45) is 5.73 Å². The van der Waals surface area contributed by atoms with E-state index in [1.165, 1.54) is 0 Å². The quantitative estimate of drug-likeness (QED) is 0.844. The number of H-pyrrole nitrogens is 1. The predicted molar refractivity (Wildman–Crippen MR) is 68.1 cm³/mol. The molecule has 0 radical (unpaired) electrons. The van der Waals surface area contributed by atoms with Crippen molar-refractivity contribution in [1.82, 2.24) is 10.2 Å². The highest BCUT2D eigenvalue weighted by molar-refractivity contribution is 5.65. The molecule has 0 aliphatic heterocycles. The summed E-state index contributed by atoms with van der Waals surface area (Å²) in [5, 5.41) is 7.38. The van der Waals surface area contributed by atoms with Crippen LogP contribution in [0.25, 0.3) is 11.3 Å². The number of benzene rings is 1. The van der Waals surface area contributed by atoms with Crippen LogP contribution in [0, 0.1) is 6.92 Å². The molecule has 0 amide bonds. The number of methoxy groups -OCH3 is 1. The molecule has 0 aliphatic carbocycles. The van der Waals surface area contributed by atoms with E-state index < -0.39 is 0 Å². The third kappa shape index (κ3) is 2.31. The molecule has 1 heterocycles. The van der Waals surface area contributed by atoms with E-state index in [4.69, 9.17) is 10.5 Å². The van der Waals surface area contributed by atoms with Crippen LogP contribution in [0.1, 0.15) is 11.3 Å². The van der Waals surface area contributed by atoms with Crippen LogP contribution in [-0.4, -0.2) is 23.9 Å². The van der Waals surface area contributed by atoms with Crippen molar-refractivity contribution in [1.29, 1.82) is 0 Å². The summed E-state index contributed by atoms with van der Waals surface area (Å²) in [5.41, 5.74) is 9.84. The summed E-state index contributed by atoms with van der Waals surface area (Å²) < 4.78 is 5.21. The summed E-state index contributed by atoms with van der Waals surface area (Å²) >= 11 is 0. The van der Waals surface area contributed by atoms with E-state index in [0.717, 1.165) is 34.7 Å². The van der Waals surface area contributed by atoms with Crippen LogP contribution >= 0.6 is 0 Å². The molecule has 2 rings (SSSR count). The van der Waals surface area contributed by atoms with Crippen molar-refractivity contribution in [2.75, 3.05) is 13.7 Å². The molecule has 0 saturated carbocycles. The Labute approximate surface area is 101 Å². The van der Waals surface area contributed by atoms with Crippen molar-refractivity contribution in [2.45, 2.75) is 13.3 Å². The number of hydrogen-bond acceptors (Lipinski definition) is 3. The zero-order valence-corrected chi connectivity index (χ0v) is 10.2. The Morgan fingerprint density at radius 3 is 2.94 bits per heavy atom. The molecule has 0 atom stereocenters. The first-order valence-corrected chi connectivity index (χ1v) is 5.64. The molecular formula is C13H17N3O. The van der Waals surface area contributed by atoms with Gasteiger partial charge in [0.05, 0.1) is 12.8 Å². The third-order valence-electron chi connectivity index (χ3n) is 2.85. The molecule has 1 aromatic carbocycles. The predicted octanol–water partition coefficient (Wildman–Crippen LogP) is 1.89. The molecule has 4 nitrogen and oxygen atoms in total. The Bertz CT molecular complexity index is 505. The summed E-state index contributed by atoms with van der Waals surface area (Å²) in [7, 11) is 1.66. The maximum atomic E-state index is 5.56. The fourth-order valence-electron chi connectivity index (χ4n) is 1.87. The zero-order chi connectivity index (χ0) is 12.3. The fraction of sp³-hybridized carbons (Fsp3) is 0.308. The Kier molecular flexibility index (Phi) is 3.44. The zero-order valence-electron chi connectivity index (χ0n) is 10.2. The molecule has 0 saturated heterocycles. The Morgan fingerprint density at radius 2 is 2.24 bits per heavy atom. The first kappa shape index (κ1) is 11.7. The van der Waals surface area contributed by atoms with E-state index in [-0.39, 0.29) is 0 Å². The van der Waals surface area contributed by atoms with E-state index >= 15 is 0 Å². The Balaban J connectivity index is 2.38. The second-order valence-corrected chi connectivity index (χ2v) is 3.95. The summed E-state index contributed by atoms with van der Waals surface area (Å²) in [6.45, 7) is 2.68. The smallest absolute Gasteiger partial charge is 0.119 e. The van der Waals surface area contributed by atoms with Gasteiger partial charge in [0.15, 0.2) is 0 Å². The maximum absolute atomic E-state index is 5.56. The van der Waals surface area contributed by atoms with Gasteiger partial charge >= 0.3 is 0 Å². The van der Waals surface area contributed by atoms with Crippen LogP contribution in [0.4, 0.5) is 0 Å². The second-order valence-electron chi connectivity index (χ2n) is 3.95. The van der Waals surface area contributed by atoms with Gasteiger partial charge in [-0.1, -0.05) is 12.1 Å². The van der Waals surface area contributed by atoms with Gasteiger partial charge in [0.2, 0.25) is 0 Å². The van der Waals surface area contributed by atoms with Gasteiger partial charge < -0.3 is 10.5 Å². The molecule has 2 aromatic rings. The number of nitrogens with one attached hydrogen (secondary N) is 1. The standard InChI is InChI=1S/C13H17N3O/c1-9-12(6-7-14)15-16-13(9)10-4-3-5-11(8-10)17-2/h3-5,8H,6-7,14H2,1-2H3,(H,15,16). The Hall–Kier alpha value is -1.81. The summed E-state index contributed by atoms with van der Waals surface area (Å²) in [6.07, 6.45) is 0.822. The Morgan fingerprint density at radius 1 is 1.41 bits per heavy atom. The van der Waals surface area contributed by atoms with Gasteiger partial charge in [0.1, 0.15) is 5.75 Å². The molecular weight excluding hydrogens is 214 g/mol. The molecule has 90 valence electrons. The van der Waals surface area contributed by atoms with Crippen molar-refractivity contribution in [3.8, 4) is 17.0 Å². The lowest BCUT2D eigenvalue weighted by Crippen LogP contribution is -2.03. The van der Waals surface area contributed by atoms with Gasteiger partial charge in [0, 0.05) is 17.7 Å². The van der Waals surface area contributed by atoms with Gasteiger partial charge in [-0.3, -0.25) is 5.10 Å². The van der Waals surface area contributed by atoms with Crippen molar-refractivity contribution in [3.63, 3.8) is 0 Å². The number of ether oxygens (including phenoxy) is 1. The molecule has 17 heavy (non-hydrogen) atoms. The molecule has 0 unspecified atom stereocenters. The minimum absolute atomic E-state index is 0.626.